The first-order valence-corrected chi connectivity index (χ1v) is 9.14. The number of nitriles is 2. The summed E-state index contributed by atoms with van der Waals surface area (Å²) in [4.78, 5) is 15.0. The van der Waals surface area contributed by atoms with E-state index in [0.29, 0.717) is 5.03 Å². The maximum atomic E-state index is 12.2. The van der Waals surface area contributed by atoms with Gasteiger partial charge in [0.1, 0.15) is 23.3 Å². The lowest BCUT2D eigenvalue weighted by atomic mass is 10.1. The molecule has 1 amide bonds. The van der Waals surface area contributed by atoms with Crippen LogP contribution in [-0.4, -0.2) is 11.7 Å². The minimum absolute atomic E-state index is 0.112. The summed E-state index contributed by atoms with van der Waals surface area (Å²) >= 11 is 1.18. The summed E-state index contributed by atoms with van der Waals surface area (Å²) < 4.78 is 0. The molecule has 2 aromatic rings. The number of nitrogens with one attached hydrogen (secondary N) is 2. The lowest BCUT2D eigenvalue weighted by Crippen LogP contribution is -2.28. The Labute approximate surface area is 157 Å². The van der Waals surface area contributed by atoms with Gasteiger partial charge in [0.05, 0.1) is 11.8 Å². The van der Waals surface area contributed by atoms with Gasteiger partial charge in [0.15, 0.2) is 5.03 Å². The number of aromatic nitrogens is 1. The second kappa shape index (κ2) is 8.89. The number of aryl methyl sites for hydroxylation is 1. The summed E-state index contributed by atoms with van der Waals surface area (Å²) in [5.74, 6) is 0.162. The van der Waals surface area contributed by atoms with Crippen molar-refractivity contribution in [3.63, 3.8) is 0 Å². The average Bonchev–Trinajstić information content (AvgIpc) is 2.66. The number of nitrogens with zero attached hydrogens (tertiary/aromatic N) is 2. The first kappa shape index (κ1) is 19.3. The van der Waals surface area contributed by atoms with Crippen molar-refractivity contribution in [3.8, 4) is 12.1 Å². The molecule has 0 spiro atoms. The van der Waals surface area contributed by atoms with Gasteiger partial charge >= 0.3 is 0 Å². The number of rotatable bonds is 6. The smallest absolute Gasteiger partial charge is 0.289 e. The number of thioether (sulfide) groups is 1. The molecule has 0 radical (unpaired) electrons. The van der Waals surface area contributed by atoms with E-state index in [0.717, 1.165) is 12.0 Å². The molecule has 0 aliphatic carbocycles. The van der Waals surface area contributed by atoms with Gasteiger partial charge in [0.25, 0.3) is 5.82 Å². The number of H-pyrrole nitrogens is 1. The number of aromatic amines is 1. The van der Waals surface area contributed by atoms with Crippen LogP contribution in [0, 0.1) is 22.7 Å². The predicted molar refractivity (Wildman–Crippen MR) is 99.9 cm³/mol. The lowest BCUT2D eigenvalue weighted by Gasteiger charge is -2.14. The molecule has 4 N–H and O–H groups in total. The van der Waals surface area contributed by atoms with Crippen molar-refractivity contribution >= 4 is 23.5 Å². The predicted octanol–water partition coefficient (Wildman–Crippen LogP) is 2.36. The number of benzene rings is 1. The molecule has 1 aromatic heterocycles. The minimum Gasteiger partial charge on any atom is -0.349 e. The van der Waals surface area contributed by atoms with E-state index in [1.807, 2.05) is 31.2 Å². The second-order valence-corrected chi connectivity index (χ2v) is 6.72. The molecule has 0 saturated carbocycles. The molecular weight excluding hydrogens is 346 g/mol. The zero-order valence-electron chi connectivity index (χ0n) is 14.7. The number of nitrogen functional groups attached to an aromatic ring is 1. The second-order valence-electron chi connectivity index (χ2n) is 5.74. The number of pyridine rings is 1. The van der Waals surface area contributed by atoms with Crippen LogP contribution >= 0.6 is 11.8 Å². The Morgan fingerprint density at radius 3 is 2.50 bits per heavy atom. The van der Waals surface area contributed by atoms with Crippen LogP contribution in [0.2, 0.25) is 0 Å². The van der Waals surface area contributed by atoms with Gasteiger partial charge in [-0.1, -0.05) is 43.0 Å². The summed E-state index contributed by atoms with van der Waals surface area (Å²) in [6.07, 6.45) is 0.975. The molecule has 0 aliphatic rings. The zero-order valence-corrected chi connectivity index (χ0v) is 15.5. The summed E-state index contributed by atoms with van der Waals surface area (Å²) in [6, 6.07) is 13.4. The fourth-order valence-corrected chi connectivity index (χ4v) is 3.18. The van der Waals surface area contributed by atoms with Gasteiger partial charge in [-0.15, -0.1) is 0 Å². The van der Waals surface area contributed by atoms with Crippen LogP contribution in [0.3, 0.4) is 0 Å². The Morgan fingerprint density at radius 2 is 1.92 bits per heavy atom. The third kappa shape index (κ3) is 4.75. The van der Waals surface area contributed by atoms with Crippen molar-refractivity contribution in [2.24, 2.45) is 0 Å². The fraction of sp³-hybridized carbons (Fsp3) is 0.263. The normalized spacial score (nSPS) is 11.2. The highest BCUT2D eigenvalue weighted by Gasteiger charge is 2.17. The number of nitrogens with two attached hydrogens (primary N) is 1. The highest BCUT2D eigenvalue weighted by Crippen LogP contribution is 2.21. The van der Waals surface area contributed by atoms with E-state index in [-0.39, 0.29) is 34.6 Å². The van der Waals surface area contributed by atoms with Crippen LogP contribution < -0.4 is 16.0 Å². The minimum atomic E-state index is -0.151. The third-order valence-corrected chi connectivity index (χ3v) is 4.94. The highest BCUT2D eigenvalue weighted by atomic mass is 32.2. The lowest BCUT2D eigenvalue weighted by molar-refractivity contribution is -0.410. The van der Waals surface area contributed by atoms with Crippen molar-refractivity contribution in [1.82, 2.24) is 5.32 Å². The number of carbonyl (C=O) groups is 1. The monoisotopic (exact) mass is 366 g/mol. The maximum Gasteiger partial charge on any atom is 0.289 e. The van der Waals surface area contributed by atoms with Crippen molar-refractivity contribution in [1.29, 1.82) is 10.5 Å². The summed E-state index contributed by atoms with van der Waals surface area (Å²) in [5.41, 5.74) is 8.52. The van der Waals surface area contributed by atoms with Gasteiger partial charge in [0, 0.05) is 0 Å². The molecule has 1 aromatic carbocycles. The van der Waals surface area contributed by atoms with Crippen molar-refractivity contribution in [3.05, 3.63) is 52.6 Å². The Hall–Kier alpha value is -3.03. The van der Waals surface area contributed by atoms with Gasteiger partial charge in [-0.2, -0.15) is 10.5 Å². The molecule has 2 rings (SSSR count). The molecule has 1 heterocycles. The summed E-state index contributed by atoms with van der Waals surface area (Å²) in [6.45, 7) is 4.02. The van der Waals surface area contributed by atoms with E-state index in [1.165, 1.54) is 23.4 Å². The van der Waals surface area contributed by atoms with Gasteiger partial charge in [-0.05, 0) is 30.5 Å². The molecule has 132 valence electrons. The van der Waals surface area contributed by atoms with E-state index < -0.39 is 0 Å². The summed E-state index contributed by atoms with van der Waals surface area (Å²) in [7, 11) is 0. The van der Waals surface area contributed by atoms with E-state index in [1.54, 1.807) is 0 Å². The van der Waals surface area contributed by atoms with E-state index in [2.05, 4.69) is 29.4 Å². The quantitative estimate of drug-likeness (QED) is 0.761. The Bertz CT molecular complexity index is 881. The zero-order chi connectivity index (χ0) is 19.1. The maximum absolute atomic E-state index is 12.2. The molecule has 7 heteroatoms. The van der Waals surface area contributed by atoms with Crippen LogP contribution in [0.25, 0.3) is 0 Å². The van der Waals surface area contributed by atoms with E-state index in [4.69, 9.17) is 11.0 Å². The van der Waals surface area contributed by atoms with Crippen LogP contribution in [0.1, 0.15) is 42.1 Å². The van der Waals surface area contributed by atoms with Crippen LogP contribution in [0.4, 0.5) is 5.82 Å². The molecule has 26 heavy (non-hydrogen) atoms. The standard InChI is InChI=1S/C19H19N5OS/c1-3-13-4-6-14(7-5-13)12(2)23-17(25)11-26-19-16(10-21)8-15(9-20)18(22)24-19/h4-8,12H,3,11H2,1-2H3,(H2,22,24)(H,23,25)/p+1/t12-/m0/s1. The largest absolute Gasteiger partial charge is 0.349 e. The molecular formula is C19H20N5OS+. The molecule has 0 bridgehead atoms. The van der Waals surface area contributed by atoms with E-state index in [9.17, 15) is 10.1 Å². The highest BCUT2D eigenvalue weighted by molar-refractivity contribution is 7.99. The molecule has 0 unspecified atom stereocenters. The Balaban J connectivity index is 1.99. The number of carbonyl (C=O) groups excluding carboxylic acids is 1. The Kier molecular flexibility index (Phi) is 6.60. The van der Waals surface area contributed by atoms with Gasteiger partial charge in [-0.3, -0.25) is 10.5 Å². The first-order chi connectivity index (χ1) is 12.5. The van der Waals surface area contributed by atoms with Gasteiger partial charge in [-0.25, -0.2) is 4.98 Å². The number of anilines is 1. The SMILES string of the molecule is CCc1ccc([C@H](C)NC(=O)CSc2[nH+]c(N)c(C#N)cc2C#N)cc1. The average molecular weight is 366 g/mol. The Morgan fingerprint density at radius 1 is 1.27 bits per heavy atom. The molecule has 6 nitrogen and oxygen atoms in total. The molecule has 0 fully saturated rings. The summed E-state index contributed by atoms with van der Waals surface area (Å²) in [5, 5.41) is 21.6. The van der Waals surface area contributed by atoms with Crippen molar-refractivity contribution in [2.45, 2.75) is 31.3 Å². The molecule has 0 aliphatic heterocycles. The van der Waals surface area contributed by atoms with Crippen LogP contribution in [-0.2, 0) is 11.2 Å². The van der Waals surface area contributed by atoms with Crippen LogP contribution in [0.5, 0.6) is 0 Å². The number of hydrogen-bond acceptors (Lipinski definition) is 5. The number of hydrogen-bond donors (Lipinski definition) is 2. The van der Waals surface area contributed by atoms with Crippen molar-refractivity contribution in [2.75, 3.05) is 11.5 Å². The topological polar surface area (TPSA) is 117 Å². The van der Waals surface area contributed by atoms with Crippen LogP contribution in [0.15, 0.2) is 35.4 Å². The van der Waals surface area contributed by atoms with Gasteiger partial charge in [0.2, 0.25) is 5.91 Å². The first-order valence-electron chi connectivity index (χ1n) is 8.15. The molecule has 0 saturated heterocycles. The van der Waals surface area contributed by atoms with Crippen molar-refractivity contribution < 1.29 is 9.78 Å². The fourth-order valence-electron chi connectivity index (χ4n) is 2.38. The number of amides is 1. The third-order valence-electron chi connectivity index (χ3n) is 3.93. The molecule has 1 atom stereocenters. The van der Waals surface area contributed by atoms with Gasteiger partial charge < -0.3 is 5.32 Å². The van der Waals surface area contributed by atoms with E-state index >= 15 is 0 Å².